The second-order valence-electron chi connectivity index (χ2n) is 3.49. The Bertz CT molecular complexity index is 215. The Morgan fingerprint density at radius 3 is 2.18 bits per heavy atom. The largest absolute Gasteiger partial charge is 0.462 e. The molecule has 0 saturated heterocycles. The van der Waals surface area contributed by atoms with Crippen molar-refractivity contribution >= 4 is 5.97 Å². The van der Waals surface area contributed by atoms with Crippen molar-refractivity contribution in [1.29, 1.82) is 0 Å². The lowest BCUT2D eigenvalue weighted by atomic mass is 10.4. The molecule has 0 unspecified atom stereocenters. The summed E-state index contributed by atoms with van der Waals surface area (Å²) < 4.78 is 20.2. The fourth-order valence-corrected chi connectivity index (χ4v) is 0.913. The molecule has 0 aromatic carbocycles. The second kappa shape index (κ2) is 11.6. The maximum Gasteiger partial charge on any atom is 0.333 e. The molecule has 0 aliphatic rings. The highest BCUT2D eigenvalue weighted by molar-refractivity contribution is 5.86. The molecule has 17 heavy (non-hydrogen) atoms. The number of hydrogen-bond donors (Lipinski definition) is 0. The van der Waals surface area contributed by atoms with E-state index in [9.17, 15) is 4.79 Å². The van der Waals surface area contributed by atoms with Gasteiger partial charge in [0, 0.05) is 25.7 Å². The summed E-state index contributed by atoms with van der Waals surface area (Å²) in [6, 6.07) is 0. The summed E-state index contributed by atoms with van der Waals surface area (Å²) in [5.74, 6) is -0.354. The van der Waals surface area contributed by atoms with Gasteiger partial charge in [-0.3, -0.25) is 0 Å². The van der Waals surface area contributed by atoms with Crippen molar-refractivity contribution in [3.8, 4) is 0 Å². The van der Waals surface area contributed by atoms with Crippen LogP contribution in [-0.2, 0) is 23.7 Å². The molecule has 0 saturated carbocycles. The number of carbonyl (C=O) groups excluding carboxylic acids is 1. The number of esters is 1. The lowest BCUT2D eigenvalue weighted by Gasteiger charge is -2.06. The van der Waals surface area contributed by atoms with E-state index in [1.54, 1.807) is 14.0 Å². The molecular formula is C12H22O5. The first-order valence-corrected chi connectivity index (χ1v) is 5.65. The third-order valence-electron chi connectivity index (χ3n) is 1.82. The molecule has 0 heterocycles. The summed E-state index contributed by atoms with van der Waals surface area (Å²) in [5, 5.41) is 0. The molecule has 0 aromatic rings. The Hall–Kier alpha value is -0.910. The molecule has 5 heteroatoms. The monoisotopic (exact) mass is 246 g/mol. The van der Waals surface area contributed by atoms with Crippen LogP contribution in [0, 0.1) is 0 Å². The topological polar surface area (TPSA) is 54.0 Å². The van der Waals surface area contributed by atoms with E-state index in [1.165, 1.54) is 0 Å². The molecule has 0 fully saturated rings. The third-order valence-corrected chi connectivity index (χ3v) is 1.82. The maximum absolute atomic E-state index is 11.0. The highest BCUT2D eigenvalue weighted by Crippen LogP contribution is 1.93. The van der Waals surface area contributed by atoms with Gasteiger partial charge in [-0.25, -0.2) is 4.79 Å². The summed E-state index contributed by atoms with van der Waals surface area (Å²) in [5.41, 5.74) is 0.414. The maximum atomic E-state index is 11.0. The van der Waals surface area contributed by atoms with E-state index in [0.717, 1.165) is 0 Å². The van der Waals surface area contributed by atoms with Crippen LogP contribution in [0.3, 0.4) is 0 Å². The average Bonchev–Trinajstić information content (AvgIpc) is 2.31. The molecule has 0 atom stereocenters. The van der Waals surface area contributed by atoms with E-state index >= 15 is 0 Å². The van der Waals surface area contributed by atoms with Gasteiger partial charge < -0.3 is 18.9 Å². The molecule has 0 aromatic heterocycles. The Morgan fingerprint density at radius 1 is 1.00 bits per heavy atom. The molecule has 0 spiro atoms. The van der Waals surface area contributed by atoms with Gasteiger partial charge in [-0.15, -0.1) is 0 Å². The van der Waals surface area contributed by atoms with E-state index in [2.05, 4.69) is 6.58 Å². The van der Waals surface area contributed by atoms with Gasteiger partial charge in [0.05, 0.1) is 33.0 Å². The van der Waals surface area contributed by atoms with E-state index in [1.807, 2.05) is 0 Å². The van der Waals surface area contributed by atoms with Crippen LogP contribution in [0.5, 0.6) is 0 Å². The Morgan fingerprint density at radius 2 is 1.59 bits per heavy atom. The molecule has 0 aliphatic carbocycles. The molecule has 0 amide bonds. The third kappa shape index (κ3) is 11.4. The fourth-order valence-electron chi connectivity index (χ4n) is 0.913. The molecule has 0 aliphatic heterocycles. The van der Waals surface area contributed by atoms with Crippen molar-refractivity contribution in [2.45, 2.75) is 13.3 Å². The van der Waals surface area contributed by atoms with Gasteiger partial charge in [0.1, 0.15) is 0 Å². The van der Waals surface area contributed by atoms with E-state index in [0.29, 0.717) is 51.6 Å². The second-order valence-corrected chi connectivity index (χ2v) is 3.49. The predicted molar refractivity (Wildman–Crippen MR) is 63.9 cm³/mol. The number of rotatable bonds is 11. The van der Waals surface area contributed by atoms with Gasteiger partial charge in [0.15, 0.2) is 0 Å². The van der Waals surface area contributed by atoms with Crippen LogP contribution in [0.15, 0.2) is 12.2 Å². The van der Waals surface area contributed by atoms with Crippen molar-refractivity contribution in [3.63, 3.8) is 0 Å². The number of ether oxygens (including phenoxy) is 4. The summed E-state index contributed by atoms with van der Waals surface area (Å²) in [6.07, 6.45) is 0.678. The Labute approximate surface area is 103 Å². The number of methoxy groups -OCH3 is 1. The molecule has 0 rings (SSSR count). The van der Waals surface area contributed by atoms with E-state index in [-0.39, 0.29) is 5.97 Å². The summed E-state index contributed by atoms with van der Waals surface area (Å²) in [4.78, 5) is 11.0. The lowest BCUT2D eigenvalue weighted by molar-refractivity contribution is -0.139. The summed E-state index contributed by atoms with van der Waals surface area (Å²) >= 11 is 0. The van der Waals surface area contributed by atoms with Crippen LogP contribution in [0.25, 0.3) is 0 Å². The first kappa shape index (κ1) is 16.1. The van der Waals surface area contributed by atoms with Gasteiger partial charge in [-0.2, -0.15) is 0 Å². The van der Waals surface area contributed by atoms with Crippen molar-refractivity contribution < 1.29 is 23.7 Å². The van der Waals surface area contributed by atoms with Gasteiger partial charge >= 0.3 is 5.97 Å². The number of carbonyl (C=O) groups is 1. The minimum atomic E-state index is -0.354. The van der Waals surface area contributed by atoms with Gasteiger partial charge in [0.2, 0.25) is 0 Å². The zero-order valence-corrected chi connectivity index (χ0v) is 10.7. The molecular weight excluding hydrogens is 224 g/mol. The van der Waals surface area contributed by atoms with Crippen molar-refractivity contribution in [1.82, 2.24) is 0 Å². The zero-order valence-electron chi connectivity index (χ0n) is 10.7. The van der Waals surface area contributed by atoms with Gasteiger partial charge in [-0.1, -0.05) is 6.58 Å². The Balaban J connectivity index is 3.08. The highest BCUT2D eigenvalue weighted by atomic mass is 16.5. The highest BCUT2D eigenvalue weighted by Gasteiger charge is 2.01. The normalized spacial score (nSPS) is 10.2. The van der Waals surface area contributed by atoms with Crippen molar-refractivity contribution in [3.05, 3.63) is 12.2 Å². The molecule has 5 nitrogen and oxygen atoms in total. The fraction of sp³-hybridized carbons (Fsp3) is 0.750. The quantitative estimate of drug-likeness (QED) is 0.311. The zero-order chi connectivity index (χ0) is 12.9. The summed E-state index contributed by atoms with van der Waals surface area (Å²) in [7, 11) is 1.63. The van der Waals surface area contributed by atoms with E-state index < -0.39 is 0 Å². The van der Waals surface area contributed by atoms with Crippen LogP contribution in [0.2, 0.25) is 0 Å². The van der Waals surface area contributed by atoms with Crippen LogP contribution in [-0.4, -0.2) is 52.7 Å². The Kier molecular flexibility index (Phi) is 11.0. The lowest BCUT2D eigenvalue weighted by Crippen LogP contribution is -2.11. The van der Waals surface area contributed by atoms with Gasteiger partial charge in [-0.05, 0) is 6.92 Å². The summed E-state index contributed by atoms with van der Waals surface area (Å²) in [6.45, 7) is 8.28. The first-order valence-electron chi connectivity index (χ1n) is 5.65. The van der Waals surface area contributed by atoms with Crippen LogP contribution in [0.1, 0.15) is 13.3 Å². The number of hydrogen-bond acceptors (Lipinski definition) is 5. The average molecular weight is 246 g/mol. The van der Waals surface area contributed by atoms with Crippen LogP contribution >= 0.6 is 0 Å². The first-order chi connectivity index (χ1) is 8.18. The van der Waals surface area contributed by atoms with E-state index in [4.69, 9.17) is 18.9 Å². The minimum absolute atomic E-state index is 0.354. The van der Waals surface area contributed by atoms with Gasteiger partial charge in [0.25, 0.3) is 0 Å². The smallest absolute Gasteiger partial charge is 0.333 e. The standard InChI is InChI=1S/C12H22O5/c1-11(2)12(13)17-6-4-5-15-9-10-16-8-7-14-3/h1,4-10H2,2-3H3. The van der Waals surface area contributed by atoms with Crippen LogP contribution in [0.4, 0.5) is 0 Å². The SMILES string of the molecule is C=C(C)C(=O)OCCCOCCOCCOC. The molecule has 100 valence electrons. The van der Waals surface area contributed by atoms with Crippen molar-refractivity contribution in [2.75, 3.05) is 46.8 Å². The van der Waals surface area contributed by atoms with Crippen LogP contribution < -0.4 is 0 Å². The predicted octanol–water partition coefficient (Wildman–Crippen LogP) is 1.18. The van der Waals surface area contributed by atoms with Crippen molar-refractivity contribution in [2.24, 2.45) is 0 Å². The molecule has 0 bridgehead atoms. The molecule has 0 radical (unpaired) electrons. The minimum Gasteiger partial charge on any atom is -0.462 e. The molecule has 0 N–H and O–H groups in total.